The molecule has 0 bridgehead atoms. The smallest absolute Gasteiger partial charge is 0.338 e. The van der Waals surface area contributed by atoms with Gasteiger partial charge in [-0.15, -0.1) is 0 Å². The van der Waals surface area contributed by atoms with E-state index in [9.17, 15) is 14.4 Å². The number of carbonyl (C=O) groups is 1. The molecule has 2 rings (SSSR count). The average Bonchev–Trinajstić information content (AvgIpc) is 2.43. The third kappa shape index (κ3) is 2.50. The van der Waals surface area contributed by atoms with Gasteiger partial charge in [-0.1, -0.05) is 11.8 Å². The van der Waals surface area contributed by atoms with Gasteiger partial charge in [-0.25, -0.2) is 14.6 Å². The molecular formula is C12H11N3O4S. The van der Waals surface area contributed by atoms with Crippen molar-refractivity contribution < 1.29 is 9.90 Å². The summed E-state index contributed by atoms with van der Waals surface area (Å²) in [6, 6.07) is 4.19. The molecule has 7 nitrogen and oxygen atoms in total. The van der Waals surface area contributed by atoms with Crippen molar-refractivity contribution in [3.63, 3.8) is 0 Å². The quantitative estimate of drug-likeness (QED) is 0.819. The van der Waals surface area contributed by atoms with Gasteiger partial charge in [0.25, 0.3) is 5.56 Å². The maximum atomic E-state index is 11.8. The van der Waals surface area contributed by atoms with Crippen molar-refractivity contribution >= 4 is 17.7 Å². The van der Waals surface area contributed by atoms with Crippen molar-refractivity contribution in [1.82, 2.24) is 14.1 Å². The van der Waals surface area contributed by atoms with Crippen LogP contribution >= 0.6 is 11.8 Å². The van der Waals surface area contributed by atoms with Gasteiger partial charge in [0.05, 0.1) is 10.6 Å². The zero-order valence-corrected chi connectivity index (χ0v) is 11.5. The lowest BCUT2D eigenvalue weighted by atomic mass is 10.3. The van der Waals surface area contributed by atoms with E-state index in [0.717, 1.165) is 16.3 Å². The maximum Gasteiger partial charge on any atom is 0.338 e. The molecule has 0 radical (unpaired) electrons. The second kappa shape index (κ2) is 5.33. The minimum atomic E-state index is -1.12. The number of carboxylic acids is 1. The maximum absolute atomic E-state index is 11.8. The Morgan fingerprint density at radius 3 is 2.65 bits per heavy atom. The molecule has 0 amide bonds. The van der Waals surface area contributed by atoms with E-state index in [1.807, 2.05) is 0 Å². The molecule has 20 heavy (non-hydrogen) atoms. The lowest BCUT2D eigenvalue weighted by Crippen LogP contribution is -2.36. The summed E-state index contributed by atoms with van der Waals surface area (Å²) in [6.07, 6.45) is 1.45. The first-order valence-corrected chi connectivity index (χ1v) is 6.36. The summed E-state index contributed by atoms with van der Waals surface area (Å²) < 4.78 is 2.24. The van der Waals surface area contributed by atoms with Crippen LogP contribution in [-0.4, -0.2) is 25.2 Å². The van der Waals surface area contributed by atoms with Gasteiger partial charge in [-0.05, 0) is 12.1 Å². The number of aromatic carboxylic acids is 1. The van der Waals surface area contributed by atoms with E-state index in [1.165, 1.54) is 43.1 Å². The molecular weight excluding hydrogens is 282 g/mol. The van der Waals surface area contributed by atoms with Crippen LogP contribution in [0.1, 0.15) is 10.4 Å². The summed E-state index contributed by atoms with van der Waals surface area (Å²) in [6.45, 7) is 0. The molecule has 1 N–H and O–H groups in total. The Labute approximate surface area is 117 Å². The van der Waals surface area contributed by atoms with E-state index in [-0.39, 0.29) is 10.6 Å². The van der Waals surface area contributed by atoms with Crippen molar-refractivity contribution in [2.24, 2.45) is 14.1 Å². The lowest BCUT2D eigenvalue weighted by Gasteiger charge is -2.09. The number of carboxylic acid groups (broad SMARTS) is 1. The molecule has 0 aromatic carbocycles. The Bertz CT molecular complexity index is 794. The van der Waals surface area contributed by atoms with Gasteiger partial charge >= 0.3 is 11.7 Å². The fourth-order valence-corrected chi connectivity index (χ4v) is 2.50. The Kier molecular flexibility index (Phi) is 3.75. The van der Waals surface area contributed by atoms with Gasteiger partial charge in [-0.3, -0.25) is 13.9 Å². The number of aromatic nitrogens is 3. The van der Waals surface area contributed by atoms with Crippen LogP contribution < -0.4 is 11.2 Å². The SMILES string of the molecule is Cn1c(Sc2ncccc2C(=O)O)cc(=O)n(C)c1=O. The highest BCUT2D eigenvalue weighted by atomic mass is 32.2. The van der Waals surface area contributed by atoms with Crippen LogP contribution in [0.5, 0.6) is 0 Å². The number of hydrogen-bond donors (Lipinski definition) is 1. The van der Waals surface area contributed by atoms with Crippen molar-refractivity contribution in [3.8, 4) is 0 Å². The lowest BCUT2D eigenvalue weighted by molar-refractivity contribution is 0.0692. The molecule has 0 saturated carbocycles. The summed E-state index contributed by atoms with van der Waals surface area (Å²) in [7, 11) is 2.88. The summed E-state index contributed by atoms with van der Waals surface area (Å²) in [4.78, 5) is 38.5. The monoisotopic (exact) mass is 293 g/mol. The van der Waals surface area contributed by atoms with Crippen LogP contribution in [0.3, 0.4) is 0 Å². The molecule has 0 saturated heterocycles. The second-order valence-corrected chi connectivity index (χ2v) is 4.99. The molecule has 8 heteroatoms. The van der Waals surface area contributed by atoms with Crippen LogP contribution in [0.25, 0.3) is 0 Å². The number of pyridine rings is 1. The summed E-state index contributed by atoms with van der Waals surface area (Å²) in [5.74, 6) is -1.12. The van der Waals surface area contributed by atoms with Gasteiger partial charge in [0.15, 0.2) is 0 Å². The van der Waals surface area contributed by atoms with Crippen molar-refractivity contribution in [3.05, 3.63) is 50.8 Å². The van der Waals surface area contributed by atoms with Crippen LogP contribution in [0.2, 0.25) is 0 Å². The molecule has 0 fully saturated rings. The molecule has 104 valence electrons. The van der Waals surface area contributed by atoms with E-state index in [2.05, 4.69) is 4.98 Å². The van der Waals surface area contributed by atoms with Gasteiger partial charge < -0.3 is 5.11 Å². The molecule has 0 unspecified atom stereocenters. The Balaban J connectivity index is 2.54. The van der Waals surface area contributed by atoms with Gasteiger partial charge in [-0.2, -0.15) is 0 Å². The van der Waals surface area contributed by atoms with E-state index in [1.54, 1.807) is 0 Å². The van der Waals surface area contributed by atoms with E-state index in [4.69, 9.17) is 5.11 Å². The fraction of sp³-hybridized carbons (Fsp3) is 0.167. The zero-order chi connectivity index (χ0) is 14.9. The first-order chi connectivity index (χ1) is 9.41. The fourth-order valence-electron chi connectivity index (χ4n) is 1.54. The van der Waals surface area contributed by atoms with Crippen LogP contribution in [0.4, 0.5) is 0 Å². The Morgan fingerprint density at radius 1 is 1.30 bits per heavy atom. The standard InChI is InChI=1S/C12H11N3O4S/c1-14-8(16)6-9(15(2)12(14)19)20-10-7(11(17)18)4-3-5-13-10/h3-6H,1-2H3,(H,17,18). The highest BCUT2D eigenvalue weighted by Gasteiger charge is 2.14. The summed E-state index contributed by atoms with van der Waals surface area (Å²) >= 11 is 0.964. The Morgan fingerprint density at radius 2 is 2.00 bits per heavy atom. The zero-order valence-electron chi connectivity index (χ0n) is 10.7. The molecule has 0 spiro atoms. The first-order valence-electron chi connectivity index (χ1n) is 5.55. The third-order valence-electron chi connectivity index (χ3n) is 2.68. The van der Waals surface area contributed by atoms with Crippen molar-refractivity contribution in [1.29, 1.82) is 0 Å². The predicted octanol–water partition coefficient (Wildman–Crippen LogP) is 0.328. The van der Waals surface area contributed by atoms with Crippen LogP contribution in [0, 0.1) is 0 Å². The van der Waals surface area contributed by atoms with Crippen LogP contribution in [0.15, 0.2) is 44.0 Å². The van der Waals surface area contributed by atoms with Gasteiger partial charge in [0.2, 0.25) is 0 Å². The van der Waals surface area contributed by atoms with E-state index < -0.39 is 17.2 Å². The molecule has 2 aromatic heterocycles. The third-order valence-corrected chi connectivity index (χ3v) is 3.80. The summed E-state index contributed by atoms with van der Waals surface area (Å²) in [5, 5.41) is 9.64. The van der Waals surface area contributed by atoms with Gasteiger partial charge in [0, 0.05) is 26.4 Å². The van der Waals surface area contributed by atoms with Crippen molar-refractivity contribution in [2.45, 2.75) is 10.1 Å². The second-order valence-electron chi connectivity index (χ2n) is 3.98. The largest absolute Gasteiger partial charge is 0.478 e. The minimum Gasteiger partial charge on any atom is -0.478 e. The number of rotatable bonds is 3. The topological polar surface area (TPSA) is 94.2 Å². The number of nitrogens with zero attached hydrogens (tertiary/aromatic N) is 3. The number of hydrogen-bond acceptors (Lipinski definition) is 5. The molecule has 0 aliphatic carbocycles. The summed E-state index contributed by atoms with van der Waals surface area (Å²) in [5.41, 5.74) is -0.915. The molecule has 0 aliphatic rings. The molecule has 2 heterocycles. The van der Waals surface area contributed by atoms with Crippen LogP contribution in [-0.2, 0) is 14.1 Å². The van der Waals surface area contributed by atoms with Crippen molar-refractivity contribution in [2.75, 3.05) is 0 Å². The first kappa shape index (κ1) is 14.1. The minimum absolute atomic E-state index is 0.0191. The molecule has 0 atom stereocenters. The predicted molar refractivity (Wildman–Crippen MR) is 72.2 cm³/mol. The average molecular weight is 293 g/mol. The Hall–Kier alpha value is -2.35. The highest BCUT2D eigenvalue weighted by Crippen LogP contribution is 2.26. The normalized spacial score (nSPS) is 10.5. The van der Waals surface area contributed by atoms with E-state index >= 15 is 0 Å². The molecule has 2 aromatic rings. The van der Waals surface area contributed by atoms with E-state index in [0.29, 0.717) is 5.03 Å². The molecule has 0 aliphatic heterocycles. The highest BCUT2D eigenvalue weighted by molar-refractivity contribution is 7.99. The van der Waals surface area contributed by atoms with Gasteiger partial charge in [0.1, 0.15) is 5.03 Å².